The van der Waals surface area contributed by atoms with Crippen LogP contribution in [0.25, 0.3) is 21.8 Å². The van der Waals surface area contributed by atoms with E-state index < -0.39 is 12.2 Å². The first-order valence-corrected chi connectivity index (χ1v) is 15.0. The summed E-state index contributed by atoms with van der Waals surface area (Å²) in [6.07, 6.45) is 9.45. The van der Waals surface area contributed by atoms with Gasteiger partial charge in [0.25, 0.3) is 0 Å². The van der Waals surface area contributed by atoms with Crippen LogP contribution >= 0.6 is 0 Å². The van der Waals surface area contributed by atoms with Crippen LogP contribution in [0.1, 0.15) is 36.8 Å². The minimum absolute atomic E-state index is 0.199. The third-order valence-electron chi connectivity index (χ3n) is 8.82. The number of likely N-dealkylation sites (tertiary alicyclic amines) is 2. The van der Waals surface area contributed by atoms with Gasteiger partial charge in [-0.05, 0) is 101 Å². The third kappa shape index (κ3) is 6.10. The summed E-state index contributed by atoms with van der Waals surface area (Å²) in [6.45, 7) is 2.62. The van der Waals surface area contributed by atoms with Crippen LogP contribution in [0.4, 0.5) is 9.59 Å². The Hall–Kier alpha value is -4.02. The number of H-pyrrole nitrogens is 2. The van der Waals surface area contributed by atoms with Gasteiger partial charge in [0.05, 0.1) is 0 Å². The van der Waals surface area contributed by atoms with Gasteiger partial charge in [-0.1, -0.05) is 12.1 Å². The Labute approximate surface area is 245 Å². The first-order chi connectivity index (χ1) is 20.5. The van der Waals surface area contributed by atoms with Crippen LogP contribution in [0.5, 0.6) is 11.5 Å². The minimum Gasteiger partial charge on any atom is -0.410 e. The van der Waals surface area contributed by atoms with E-state index in [1.165, 1.54) is 25.7 Å². The number of hydrogen-bond donors (Lipinski definition) is 4. The number of hydrogen-bond acceptors (Lipinski definition) is 6. The number of carbonyl (C=O) groups is 2. The fourth-order valence-corrected chi connectivity index (χ4v) is 6.51. The number of benzene rings is 2. The number of carbonyl (C=O) groups excluding carboxylic acids is 2. The first kappa shape index (κ1) is 28.1. The van der Waals surface area contributed by atoms with Crippen molar-refractivity contribution in [2.24, 2.45) is 0 Å². The van der Waals surface area contributed by atoms with Crippen molar-refractivity contribution in [3.8, 4) is 11.5 Å². The molecule has 2 saturated heterocycles. The second-order valence-electron chi connectivity index (χ2n) is 11.6. The molecule has 2 fully saturated rings. The molecule has 42 heavy (non-hydrogen) atoms. The molecule has 2 amide bonds. The van der Waals surface area contributed by atoms with E-state index >= 15 is 0 Å². The van der Waals surface area contributed by atoms with Gasteiger partial charge in [0, 0.05) is 59.4 Å². The van der Waals surface area contributed by atoms with Gasteiger partial charge >= 0.3 is 12.2 Å². The molecule has 0 saturated carbocycles. The first-order valence-electron chi connectivity index (χ1n) is 15.0. The lowest BCUT2D eigenvalue weighted by molar-refractivity contribution is 0.196. The molecular formula is C32H40N6O4. The van der Waals surface area contributed by atoms with Gasteiger partial charge < -0.3 is 39.9 Å². The zero-order chi connectivity index (χ0) is 29.1. The summed E-state index contributed by atoms with van der Waals surface area (Å²) in [6, 6.07) is 12.3. The largest absolute Gasteiger partial charge is 0.412 e. The Morgan fingerprint density at radius 3 is 1.62 bits per heavy atom. The van der Waals surface area contributed by atoms with Gasteiger partial charge in [-0.2, -0.15) is 0 Å². The minimum atomic E-state index is -0.568. The van der Waals surface area contributed by atoms with E-state index in [1.54, 1.807) is 0 Å². The van der Waals surface area contributed by atoms with Crippen molar-refractivity contribution in [1.82, 2.24) is 30.4 Å². The van der Waals surface area contributed by atoms with Gasteiger partial charge in [0.15, 0.2) is 0 Å². The zero-order valence-electron chi connectivity index (χ0n) is 24.4. The number of aromatic nitrogens is 2. The summed E-state index contributed by atoms with van der Waals surface area (Å²) in [5, 5.41) is 7.33. The molecule has 0 bridgehead atoms. The summed E-state index contributed by atoms with van der Waals surface area (Å²) in [5.41, 5.74) is 4.17. The molecule has 2 aliphatic rings. The number of amides is 2. The number of aromatic amines is 2. The molecule has 4 N–H and O–H groups in total. The maximum absolute atomic E-state index is 12.6. The average Bonchev–Trinajstić information content (AvgIpc) is 3.77. The Morgan fingerprint density at radius 2 is 1.21 bits per heavy atom. The molecule has 10 nitrogen and oxygen atoms in total. The normalized spacial score (nSPS) is 19.5. The van der Waals surface area contributed by atoms with Crippen molar-refractivity contribution in [1.29, 1.82) is 0 Å². The van der Waals surface area contributed by atoms with Crippen molar-refractivity contribution in [2.45, 2.75) is 50.6 Å². The van der Waals surface area contributed by atoms with Crippen LogP contribution in [0.15, 0.2) is 48.8 Å². The summed E-state index contributed by atoms with van der Waals surface area (Å²) >= 11 is 0. The molecule has 1 unspecified atom stereocenters. The molecule has 6 rings (SSSR count). The number of ether oxygens (including phenoxy) is 2. The molecular weight excluding hydrogens is 532 g/mol. The van der Waals surface area contributed by atoms with Gasteiger partial charge in [-0.3, -0.25) is 0 Å². The van der Waals surface area contributed by atoms with E-state index in [9.17, 15) is 9.59 Å². The zero-order valence-corrected chi connectivity index (χ0v) is 24.4. The summed E-state index contributed by atoms with van der Waals surface area (Å²) in [4.78, 5) is 36.7. The van der Waals surface area contributed by atoms with E-state index in [-0.39, 0.29) is 13.1 Å². The Morgan fingerprint density at radius 1 is 0.762 bits per heavy atom. The van der Waals surface area contributed by atoms with E-state index in [0.29, 0.717) is 23.6 Å². The summed E-state index contributed by atoms with van der Waals surface area (Å²) in [7, 11) is 4.32. The van der Waals surface area contributed by atoms with Crippen molar-refractivity contribution in [2.75, 3.05) is 40.3 Å². The van der Waals surface area contributed by atoms with Gasteiger partial charge in [-0.25, -0.2) is 9.59 Å². The Kier molecular flexibility index (Phi) is 8.34. The predicted octanol–water partition coefficient (Wildman–Crippen LogP) is 4.80. The standard InChI is InChI=1S/C32H40N6O4/c1-37-15-5-7-23(37)17-21-19-35-25-9-3-11-27(29(21)25)41-31(39)33-13-14-34-32(40)42-28-12-4-10-26-30(28)22(20-36-26)18-24-8-6-16-38(24)2/h3-4,9-12,19-20,23-24,35-36H,5-8,13-18H2,1-2H3,(H,33,39)(H,34,40)/t23-,24?/m1/s1. The lowest BCUT2D eigenvalue weighted by atomic mass is 10.0. The van der Waals surface area contributed by atoms with E-state index in [4.69, 9.17) is 9.47 Å². The lowest BCUT2D eigenvalue weighted by Gasteiger charge is -2.19. The molecule has 0 radical (unpaired) electrons. The number of fused-ring (bicyclic) bond motifs is 2. The highest BCUT2D eigenvalue weighted by atomic mass is 16.6. The van der Waals surface area contributed by atoms with Crippen molar-refractivity contribution >= 4 is 34.0 Å². The fraction of sp³-hybridized carbons (Fsp3) is 0.438. The molecule has 0 spiro atoms. The average molecular weight is 573 g/mol. The van der Waals surface area contributed by atoms with Gasteiger partial charge in [-0.15, -0.1) is 0 Å². The van der Waals surface area contributed by atoms with E-state index in [2.05, 4.69) is 44.5 Å². The smallest absolute Gasteiger partial charge is 0.410 e. The van der Waals surface area contributed by atoms with Crippen LogP contribution in [0.2, 0.25) is 0 Å². The van der Waals surface area contributed by atoms with Crippen molar-refractivity contribution < 1.29 is 19.1 Å². The SMILES string of the molecule is CN1CCCC1Cc1c[nH]c2cccc(OC(=O)NCCNC(=O)Oc3cccc4[nH]cc(C[C@H]5CCCN5C)c34)c12. The molecule has 10 heteroatoms. The predicted molar refractivity (Wildman–Crippen MR) is 163 cm³/mol. The number of nitrogens with one attached hydrogen (secondary N) is 4. The second kappa shape index (κ2) is 12.5. The van der Waals surface area contributed by atoms with E-state index in [0.717, 1.165) is 58.9 Å². The molecule has 2 aromatic heterocycles. The Bertz CT molecular complexity index is 1450. The highest BCUT2D eigenvalue weighted by Gasteiger charge is 2.25. The quantitative estimate of drug-likeness (QED) is 0.214. The van der Waals surface area contributed by atoms with Crippen molar-refractivity contribution in [3.05, 3.63) is 59.9 Å². The van der Waals surface area contributed by atoms with Crippen LogP contribution < -0.4 is 20.1 Å². The number of rotatable bonds is 9. The molecule has 4 heterocycles. The van der Waals surface area contributed by atoms with Crippen molar-refractivity contribution in [3.63, 3.8) is 0 Å². The molecule has 222 valence electrons. The highest BCUT2D eigenvalue weighted by molar-refractivity contribution is 5.92. The third-order valence-corrected chi connectivity index (χ3v) is 8.82. The topological polar surface area (TPSA) is 115 Å². The van der Waals surface area contributed by atoms with E-state index in [1.807, 2.05) is 48.8 Å². The molecule has 2 atom stereocenters. The second-order valence-corrected chi connectivity index (χ2v) is 11.6. The number of nitrogens with zero attached hydrogens (tertiary/aromatic N) is 2. The van der Waals surface area contributed by atoms with Crippen LogP contribution in [-0.4, -0.2) is 84.3 Å². The lowest BCUT2D eigenvalue weighted by Crippen LogP contribution is -2.37. The van der Waals surface area contributed by atoms with Crippen LogP contribution in [-0.2, 0) is 12.8 Å². The summed E-state index contributed by atoms with van der Waals surface area (Å²) < 4.78 is 11.4. The Balaban J connectivity index is 1.01. The summed E-state index contributed by atoms with van der Waals surface area (Å²) in [5.74, 6) is 1.04. The maximum Gasteiger partial charge on any atom is 0.412 e. The molecule has 2 aromatic carbocycles. The van der Waals surface area contributed by atoms with Gasteiger partial charge in [0.2, 0.25) is 0 Å². The number of likely N-dealkylation sites (N-methyl/N-ethyl adjacent to an activating group) is 2. The van der Waals surface area contributed by atoms with Gasteiger partial charge in [0.1, 0.15) is 11.5 Å². The van der Waals surface area contributed by atoms with Crippen LogP contribution in [0.3, 0.4) is 0 Å². The molecule has 2 aliphatic heterocycles. The fourth-order valence-electron chi connectivity index (χ4n) is 6.51. The highest BCUT2D eigenvalue weighted by Crippen LogP contribution is 2.33. The monoisotopic (exact) mass is 572 g/mol. The van der Waals surface area contributed by atoms with Crippen LogP contribution in [0, 0.1) is 0 Å². The molecule has 0 aliphatic carbocycles. The maximum atomic E-state index is 12.6. The molecule has 4 aromatic rings.